The highest BCUT2D eigenvalue weighted by Gasteiger charge is 2.34. The number of anilines is 1. The van der Waals surface area contributed by atoms with Crippen molar-refractivity contribution >= 4 is 27.5 Å². The summed E-state index contributed by atoms with van der Waals surface area (Å²) in [4.78, 5) is 29.8. The molecule has 4 aromatic rings. The SMILES string of the molecule is COc1cccc(CN(C(=O)CN(c2ccc(C)cc2)S(=O)(=O)c2ccccc2)[C@H](Cc2ccccc2)C(=O)NC(C)C)c1. The van der Waals surface area contributed by atoms with E-state index in [1.54, 1.807) is 61.7 Å². The van der Waals surface area contributed by atoms with E-state index in [2.05, 4.69) is 5.32 Å². The van der Waals surface area contributed by atoms with Crippen molar-refractivity contribution in [3.05, 3.63) is 126 Å². The van der Waals surface area contributed by atoms with E-state index < -0.39 is 28.5 Å². The third-order valence-corrected chi connectivity index (χ3v) is 8.91. The molecule has 0 aliphatic heterocycles. The minimum atomic E-state index is -4.14. The minimum Gasteiger partial charge on any atom is -0.497 e. The van der Waals surface area contributed by atoms with Gasteiger partial charge >= 0.3 is 0 Å². The summed E-state index contributed by atoms with van der Waals surface area (Å²) in [5.74, 6) is -0.241. The molecule has 4 aromatic carbocycles. The van der Waals surface area contributed by atoms with Gasteiger partial charge in [-0.15, -0.1) is 0 Å². The van der Waals surface area contributed by atoms with Gasteiger partial charge in [0, 0.05) is 19.0 Å². The number of methoxy groups -OCH3 is 1. The molecule has 0 radical (unpaired) electrons. The summed E-state index contributed by atoms with van der Waals surface area (Å²) in [7, 11) is -2.58. The van der Waals surface area contributed by atoms with E-state index in [1.807, 2.05) is 63.2 Å². The molecule has 0 aliphatic carbocycles. The monoisotopic (exact) mass is 613 g/mol. The molecule has 0 aromatic heterocycles. The molecule has 230 valence electrons. The Kier molecular flexibility index (Phi) is 10.8. The highest BCUT2D eigenvalue weighted by Crippen LogP contribution is 2.26. The molecule has 2 amide bonds. The van der Waals surface area contributed by atoms with Crippen LogP contribution in [0.2, 0.25) is 0 Å². The van der Waals surface area contributed by atoms with Crippen molar-refractivity contribution in [3.8, 4) is 5.75 Å². The maximum Gasteiger partial charge on any atom is 0.264 e. The number of carbonyl (C=O) groups is 2. The number of amides is 2. The smallest absolute Gasteiger partial charge is 0.264 e. The maximum absolute atomic E-state index is 14.5. The molecule has 0 saturated carbocycles. The molecule has 9 heteroatoms. The van der Waals surface area contributed by atoms with Crippen molar-refractivity contribution in [1.82, 2.24) is 10.2 Å². The molecule has 0 spiro atoms. The number of rotatable bonds is 13. The number of ether oxygens (including phenoxy) is 1. The summed E-state index contributed by atoms with van der Waals surface area (Å²) in [6.07, 6.45) is 0.241. The van der Waals surface area contributed by atoms with Gasteiger partial charge in [-0.05, 0) is 68.3 Å². The molecule has 1 atom stereocenters. The quantitative estimate of drug-likeness (QED) is 0.219. The third-order valence-electron chi connectivity index (χ3n) is 7.12. The molecule has 0 aliphatic rings. The second-order valence-corrected chi connectivity index (χ2v) is 12.8. The Morgan fingerprint density at radius 2 is 1.43 bits per heavy atom. The number of nitrogens with zero attached hydrogens (tertiary/aromatic N) is 2. The Morgan fingerprint density at radius 1 is 0.818 bits per heavy atom. The molecular weight excluding hydrogens is 574 g/mol. The molecule has 44 heavy (non-hydrogen) atoms. The molecule has 0 heterocycles. The Labute approximate surface area is 260 Å². The molecule has 0 bridgehead atoms. The van der Waals surface area contributed by atoms with Crippen molar-refractivity contribution in [1.29, 1.82) is 0 Å². The van der Waals surface area contributed by atoms with Crippen LogP contribution < -0.4 is 14.4 Å². The van der Waals surface area contributed by atoms with Crippen LogP contribution in [0.15, 0.2) is 114 Å². The highest BCUT2D eigenvalue weighted by atomic mass is 32.2. The van der Waals surface area contributed by atoms with E-state index in [9.17, 15) is 18.0 Å². The highest BCUT2D eigenvalue weighted by molar-refractivity contribution is 7.92. The van der Waals surface area contributed by atoms with Crippen LogP contribution in [0.25, 0.3) is 0 Å². The third kappa shape index (κ3) is 8.26. The maximum atomic E-state index is 14.5. The predicted octanol–water partition coefficient (Wildman–Crippen LogP) is 5.36. The van der Waals surface area contributed by atoms with E-state index in [1.165, 1.54) is 17.0 Å². The van der Waals surface area contributed by atoms with Crippen molar-refractivity contribution in [2.45, 2.75) is 50.7 Å². The van der Waals surface area contributed by atoms with Crippen molar-refractivity contribution in [2.24, 2.45) is 0 Å². The zero-order valence-corrected chi connectivity index (χ0v) is 26.3. The lowest BCUT2D eigenvalue weighted by Crippen LogP contribution is -2.54. The first-order valence-electron chi connectivity index (χ1n) is 14.5. The van der Waals surface area contributed by atoms with Crippen molar-refractivity contribution < 1.29 is 22.7 Å². The predicted molar refractivity (Wildman–Crippen MR) is 173 cm³/mol. The lowest BCUT2D eigenvalue weighted by Gasteiger charge is -2.34. The first-order chi connectivity index (χ1) is 21.1. The Morgan fingerprint density at radius 3 is 2.05 bits per heavy atom. The second-order valence-electron chi connectivity index (χ2n) is 10.9. The summed E-state index contributed by atoms with van der Waals surface area (Å²) in [5, 5.41) is 2.96. The Bertz CT molecular complexity index is 1640. The summed E-state index contributed by atoms with van der Waals surface area (Å²) in [5.41, 5.74) is 2.90. The molecule has 8 nitrogen and oxygen atoms in total. The zero-order chi connectivity index (χ0) is 31.7. The summed E-state index contributed by atoms with van der Waals surface area (Å²) in [6, 6.07) is 30.6. The number of carbonyl (C=O) groups excluding carboxylic acids is 2. The fourth-order valence-electron chi connectivity index (χ4n) is 4.86. The minimum absolute atomic E-state index is 0.0612. The molecule has 0 saturated heterocycles. The van der Waals surface area contributed by atoms with Crippen LogP contribution in [0.4, 0.5) is 5.69 Å². The first-order valence-corrected chi connectivity index (χ1v) is 15.9. The van der Waals surface area contributed by atoms with E-state index in [0.29, 0.717) is 11.4 Å². The van der Waals surface area contributed by atoms with Crippen LogP contribution >= 0.6 is 0 Å². The molecule has 0 fully saturated rings. The van der Waals surface area contributed by atoms with Crippen LogP contribution in [0.5, 0.6) is 5.75 Å². The lowest BCUT2D eigenvalue weighted by molar-refractivity contribution is -0.140. The molecule has 1 N–H and O–H groups in total. The molecule has 0 unspecified atom stereocenters. The number of aryl methyl sites for hydroxylation is 1. The van der Waals surface area contributed by atoms with Gasteiger partial charge in [0.15, 0.2) is 0 Å². The van der Waals surface area contributed by atoms with Gasteiger partial charge in [0.2, 0.25) is 11.8 Å². The Hall–Kier alpha value is -4.63. The standard InChI is InChI=1S/C35H39N3O5S/c1-26(2)36-35(40)33(23-28-12-7-5-8-13-28)37(24-29-14-11-15-31(22-29)43-4)34(39)25-38(30-20-18-27(3)19-21-30)44(41,42)32-16-9-6-10-17-32/h5-22,26,33H,23-25H2,1-4H3,(H,36,40)/t33-/m1/s1. The van der Waals surface area contributed by atoms with E-state index in [0.717, 1.165) is 21.0 Å². The largest absolute Gasteiger partial charge is 0.497 e. The van der Waals surface area contributed by atoms with Crippen LogP contribution in [0.3, 0.4) is 0 Å². The molecule has 4 rings (SSSR count). The van der Waals surface area contributed by atoms with Crippen molar-refractivity contribution in [2.75, 3.05) is 18.0 Å². The number of hydrogen-bond donors (Lipinski definition) is 1. The summed E-state index contributed by atoms with van der Waals surface area (Å²) < 4.78 is 34.6. The summed E-state index contributed by atoms with van der Waals surface area (Å²) >= 11 is 0. The average molecular weight is 614 g/mol. The van der Waals surface area contributed by atoms with Crippen LogP contribution in [0, 0.1) is 6.92 Å². The zero-order valence-electron chi connectivity index (χ0n) is 25.5. The van der Waals surface area contributed by atoms with Gasteiger partial charge in [0.05, 0.1) is 17.7 Å². The number of hydrogen-bond acceptors (Lipinski definition) is 5. The average Bonchev–Trinajstić information content (AvgIpc) is 3.02. The fourth-order valence-corrected chi connectivity index (χ4v) is 6.30. The van der Waals surface area contributed by atoms with Gasteiger partial charge in [-0.3, -0.25) is 13.9 Å². The van der Waals surface area contributed by atoms with Crippen molar-refractivity contribution in [3.63, 3.8) is 0 Å². The van der Waals surface area contributed by atoms with E-state index in [-0.39, 0.29) is 29.8 Å². The first kappa shape index (κ1) is 32.3. The number of sulfonamides is 1. The van der Waals surface area contributed by atoms with Gasteiger partial charge < -0.3 is 15.0 Å². The second kappa shape index (κ2) is 14.7. The fraction of sp³-hybridized carbons (Fsp3) is 0.257. The van der Waals surface area contributed by atoms with Crippen LogP contribution in [-0.4, -0.2) is 50.9 Å². The van der Waals surface area contributed by atoms with Gasteiger partial charge in [-0.25, -0.2) is 8.42 Å². The molecular formula is C35H39N3O5S. The Balaban J connectivity index is 1.80. The van der Waals surface area contributed by atoms with E-state index >= 15 is 0 Å². The van der Waals surface area contributed by atoms with Gasteiger partial charge in [0.1, 0.15) is 18.3 Å². The van der Waals surface area contributed by atoms with Gasteiger partial charge in [0.25, 0.3) is 10.0 Å². The number of nitrogens with one attached hydrogen (secondary N) is 1. The van der Waals surface area contributed by atoms with Gasteiger partial charge in [-0.1, -0.05) is 78.4 Å². The normalized spacial score (nSPS) is 11.9. The summed E-state index contributed by atoms with van der Waals surface area (Å²) in [6.45, 7) is 5.17. The topological polar surface area (TPSA) is 96.0 Å². The number of benzene rings is 4. The van der Waals surface area contributed by atoms with Gasteiger partial charge in [-0.2, -0.15) is 0 Å². The van der Waals surface area contributed by atoms with E-state index in [4.69, 9.17) is 4.74 Å². The van der Waals surface area contributed by atoms with Crippen LogP contribution in [0.1, 0.15) is 30.5 Å². The lowest BCUT2D eigenvalue weighted by atomic mass is 10.0. The van der Waals surface area contributed by atoms with Crippen LogP contribution in [-0.2, 0) is 32.6 Å².